The third-order valence-electron chi connectivity index (χ3n) is 3.80. The summed E-state index contributed by atoms with van der Waals surface area (Å²) in [5.74, 6) is 0.719. The van der Waals surface area contributed by atoms with Crippen LogP contribution in [0.25, 0.3) is 0 Å². The molecule has 4 heteroatoms. The fourth-order valence-electron chi connectivity index (χ4n) is 2.76. The van der Waals surface area contributed by atoms with Gasteiger partial charge in [0.25, 0.3) is 0 Å². The van der Waals surface area contributed by atoms with Gasteiger partial charge in [0.1, 0.15) is 0 Å². The van der Waals surface area contributed by atoms with Crippen LogP contribution in [0.15, 0.2) is 28.7 Å². The minimum atomic E-state index is 0. The maximum Gasteiger partial charge on any atom is 0.0248 e. The normalized spacial score (nSPS) is 24.6. The lowest BCUT2D eigenvalue weighted by Crippen LogP contribution is -2.48. The Morgan fingerprint density at radius 3 is 2.78 bits per heavy atom. The topological polar surface area (TPSA) is 29.3 Å². The van der Waals surface area contributed by atoms with Gasteiger partial charge in [-0.2, -0.15) is 0 Å². The molecule has 1 saturated heterocycles. The summed E-state index contributed by atoms with van der Waals surface area (Å²) in [7, 11) is 0. The monoisotopic (exact) mass is 332 g/mol. The summed E-state index contributed by atoms with van der Waals surface area (Å²) in [6.07, 6.45) is 2.61. The smallest absolute Gasteiger partial charge is 0.0248 e. The van der Waals surface area contributed by atoms with Crippen LogP contribution in [0.4, 0.5) is 0 Å². The highest BCUT2D eigenvalue weighted by atomic mass is 79.9. The first kappa shape index (κ1) is 16.0. The molecule has 1 aliphatic rings. The third-order valence-corrected chi connectivity index (χ3v) is 4.58. The fourth-order valence-corrected chi connectivity index (χ4v) is 3.17. The second-order valence-electron chi connectivity index (χ2n) is 4.98. The predicted octanol–water partition coefficient (Wildman–Crippen LogP) is 3.43. The fraction of sp³-hybridized carbons (Fsp3) is 0.571. The van der Waals surface area contributed by atoms with E-state index in [1.54, 1.807) is 0 Å². The molecule has 0 spiro atoms. The first-order chi connectivity index (χ1) is 8.22. The summed E-state index contributed by atoms with van der Waals surface area (Å²) in [4.78, 5) is 2.54. The number of benzene rings is 1. The van der Waals surface area contributed by atoms with Crippen molar-refractivity contribution in [1.29, 1.82) is 0 Å². The predicted molar refractivity (Wildman–Crippen MR) is 83.0 cm³/mol. The van der Waals surface area contributed by atoms with Gasteiger partial charge in [-0.15, -0.1) is 12.4 Å². The lowest BCUT2D eigenvalue weighted by Gasteiger charge is -2.39. The van der Waals surface area contributed by atoms with Gasteiger partial charge >= 0.3 is 0 Å². The first-order valence-corrected chi connectivity index (χ1v) is 7.19. The molecule has 102 valence electrons. The largest absolute Gasteiger partial charge is 0.329 e. The molecular weight excluding hydrogens is 312 g/mol. The van der Waals surface area contributed by atoms with E-state index < -0.39 is 0 Å². The van der Waals surface area contributed by atoms with Gasteiger partial charge in [0.05, 0.1) is 0 Å². The SMILES string of the molecule is CC1CCCN(Cc2ccccc2Br)C1CN.Cl. The lowest BCUT2D eigenvalue weighted by molar-refractivity contribution is 0.0989. The molecule has 1 aromatic rings. The standard InChI is InChI=1S/C14H21BrN2.ClH/c1-11-5-4-8-17(14(11)9-16)10-12-6-2-3-7-13(12)15;/h2-3,6-7,11,14H,4-5,8-10,16H2,1H3;1H. The zero-order valence-electron chi connectivity index (χ0n) is 10.8. The molecule has 1 fully saturated rings. The Morgan fingerprint density at radius 1 is 1.39 bits per heavy atom. The van der Waals surface area contributed by atoms with Crippen LogP contribution >= 0.6 is 28.3 Å². The van der Waals surface area contributed by atoms with Crippen LogP contribution in [0.1, 0.15) is 25.3 Å². The van der Waals surface area contributed by atoms with Gasteiger partial charge in [-0.1, -0.05) is 41.1 Å². The number of hydrogen-bond donors (Lipinski definition) is 1. The number of nitrogens with two attached hydrogens (primary N) is 1. The number of nitrogens with zero attached hydrogens (tertiary/aromatic N) is 1. The Labute approximate surface area is 124 Å². The van der Waals surface area contributed by atoms with E-state index in [1.807, 2.05) is 0 Å². The van der Waals surface area contributed by atoms with Crippen molar-refractivity contribution >= 4 is 28.3 Å². The Kier molecular flexibility index (Phi) is 6.64. The van der Waals surface area contributed by atoms with Crippen molar-refractivity contribution in [2.45, 2.75) is 32.4 Å². The third kappa shape index (κ3) is 3.70. The maximum atomic E-state index is 5.92. The molecule has 0 bridgehead atoms. The molecule has 0 aromatic heterocycles. The Morgan fingerprint density at radius 2 is 2.11 bits per heavy atom. The number of piperidine rings is 1. The second-order valence-corrected chi connectivity index (χ2v) is 5.84. The van der Waals surface area contributed by atoms with E-state index in [-0.39, 0.29) is 12.4 Å². The molecule has 2 N–H and O–H groups in total. The van der Waals surface area contributed by atoms with Crippen LogP contribution in [0.5, 0.6) is 0 Å². The number of halogens is 2. The quantitative estimate of drug-likeness (QED) is 0.918. The number of rotatable bonds is 3. The zero-order valence-corrected chi connectivity index (χ0v) is 13.2. The van der Waals surface area contributed by atoms with Gasteiger partial charge in [-0.25, -0.2) is 0 Å². The van der Waals surface area contributed by atoms with E-state index in [4.69, 9.17) is 5.73 Å². The Bertz CT molecular complexity index is 373. The second kappa shape index (κ2) is 7.49. The van der Waals surface area contributed by atoms with Crippen LogP contribution in [-0.2, 0) is 6.54 Å². The van der Waals surface area contributed by atoms with E-state index in [1.165, 1.54) is 29.4 Å². The van der Waals surface area contributed by atoms with Gasteiger partial charge in [0, 0.05) is 23.6 Å². The summed E-state index contributed by atoms with van der Waals surface area (Å²) in [5, 5.41) is 0. The minimum Gasteiger partial charge on any atom is -0.329 e. The summed E-state index contributed by atoms with van der Waals surface area (Å²) in [6, 6.07) is 9.00. The summed E-state index contributed by atoms with van der Waals surface area (Å²) >= 11 is 3.62. The molecule has 18 heavy (non-hydrogen) atoms. The van der Waals surface area contributed by atoms with E-state index in [0.717, 1.165) is 19.0 Å². The summed E-state index contributed by atoms with van der Waals surface area (Å²) in [5.41, 5.74) is 7.28. The molecular formula is C14H22BrClN2. The average molecular weight is 334 g/mol. The molecule has 0 radical (unpaired) electrons. The first-order valence-electron chi connectivity index (χ1n) is 6.40. The molecule has 1 aromatic carbocycles. The van der Waals surface area contributed by atoms with Crippen molar-refractivity contribution in [2.75, 3.05) is 13.1 Å². The van der Waals surface area contributed by atoms with Crippen molar-refractivity contribution in [3.8, 4) is 0 Å². The molecule has 1 heterocycles. The van der Waals surface area contributed by atoms with Crippen LogP contribution in [-0.4, -0.2) is 24.0 Å². The lowest BCUT2D eigenvalue weighted by atomic mass is 9.90. The molecule has 2 atom stereocenters. The molecule has 1 aliphatic heterocycles. The number of likely N-dealkylation sites (tertiary alicyclic amines) is 1. The highest BCUT2D eigenvalue weighted by Gasteiger charge is 2.27. The van der Waals surface area contributed by atoms with Crippen LogP contribution in [0, 0.1) is 5.92 Å². The molecule has 2 unspecified atom stereocenters. The average Bonchev–Trinajstić information content (AvgIpc) is 2.32. The van der Waals surface area contributed by atoms with E-state index in [9.17, 15) is 0 Å². The van der Waals surface area contributed by atoms with Crippen molar-refractivity contribution in [2.24, 2.45) is 11.7 Å². The van der Waals surface area contributed by atoms with Gasteiger partial charge in [0.2, 0.25) is 0 Å². The Balaban J connectivity index is 0.00000162. The highest BCUT2D eigenvalue weighted by Crippen LogP contribution is 2.26. The van der Waals surface area contributed by atoms with E-state index in [0.29, 0.717) is 6.04 Å². The van der Waals surface area contributed by atoms with Crippen LogP contribution in [0.2, 0.25) is 0 Å². The maximum absolute atomic E-state index is 5.92. The summed E-state index contributed by atoms with van der Waals surface area (Å²) in [6.45, 7) is 5.27. The number of hydrogen-bond acceptors (Lipinski definition) is 2. The van der Waals surface area contributed by atoms with Gasteiger partial charge < -0.3 is 5.73 Å². The van der Waals surface area contributed by atoms with Gasteiger partial charge in [0.15, 0.2) is 0 Å². The van der Waals surface area contributed by atoms with E-state index >= 15 is 0 Å². The molecule has 2 rings (SSSR count). The Hall–Kier alpha value is -0.0900. The van der Waals surface area contributed by atoms with Crippen molar-refractivity contribution in [1.82, 2.24) is 4.90 Å². The van der Waals surface area contributed by atoms with Crippen LogP contribution in [0.3, 0.4) is 0 Å². The molecule has 0 saturated carbocycles. The van der Waals surface area contributed by atoms with E-state index in [2.05, 4.69) is 52.0 Å². The van der Waals surface area contributed by atoms with Crippen molar-refractivity contribution in [3.05, 3.63) is 34.3 Å². The zero-order chi connectivity index (χ0) is 12.3. The van der Waals surface area contributed by atoms with Crippen molar-refractivity contribution < 1.29 is 0 Å². The van der Waals surface area contributed by atoms with Crippen LogP contribution < -0.4 is 5.73 Å². The van der Waals surface area contributed by atoms with Crippen molar-refractivity contribution in [3.63, 3.8) is 0 Å². The molecule has 0 aliphatic carbocycles. The van der Waals surface area contributed by atoms with Gasteiger partial charge in [-0.05, 0) is 36.9 Å². The van der Waals surface area contributed by atoms with Gasteiger partial charge in [-0.3, -0.25) is 4.90 Å². The minimum absolute atomic E-state index is 0. The molecule has 0 amide bonds. The molecule has 2 nitrogen and oxygen atoms in total. The summed E-state index contributed by atoms with van der Waals surface area (Å²) < 4.78 is 1.20. The highest BCUT2D eigenvalue weighted by molar-refractivity contribution is 9.10.